The van der Waals surface area contributed by atoms with Crippen LogP contribution in [0.25, 0.3) is 117 Å². The molecule has 0 atom stereocenters. The minimum atomic E-state index is 0.633. The highest BCUT2D eigenvalue weighted by atomic mass is 15.0. The third-order valence-electron chi connectivity index (χ3n) is 12.5. The first kappa shape index (κ1) is 35.2. The molecule has 4 aromatic heterocycles. The number of rotatable bonds is 6. The average molecular weight is 805 g/mol. The van der Waals surface area contributed by atoms with Crippen molar-refractivity contribution in [3.63, 3.8) is 0 Å². The zero-order valence-corrected chi connectivity index (χ0v) is 34.0. The summed E-state index contributed by atoms with van der Waals surface area (Å²) >= 11 is 0. The quantitative estimate of drug-likeness (QED) is 0.168. The highest BCUT2D eigenvalue weighted by Gasteiger charge is 2.21. The molecule has 9 aromatic carbocycles. The summed E-state index contributed by atoms with van der Waals surface area (Å²) in [5.41, 5.74) is 13.2. The van der Waals surface area contributed by atoms with E-state index >= 15 is 0 Å². The summed E-state index contributed by atoms with van der Waals surface area (Å²) < 4.78 is 7.23. The number of benzene rings is 9. The molecule has 0 bridgehead atoms. The van der Waals surface area contributed by atoms with Crippen LogP contribution in [0.4, 0.5) is 0 Å². The van der Waals surface area contributed by atoms with Crippen molar-refractivity contribution in [3.8, 4) is 51.2 Å². The molecule has 0 radical (unpaired) electrons. The van der Waals surface area contributed by atoms with Gasteiger partial charge in [-0.05, 0) is 78.9 Å². The van der Waals surface area contributed by atoms with Gasteiger partial charge in [0.05, 0.1) is 33.1 Å². The van der Waals surface area contributed by atoms with Crippen molar-refractivity contribution in [2.75, 3.05) is 0 Å². The Kier molecular flexibility index (Phi) is 7.80. The van der Waals surface area contributed by atoms with Gasteiger partial charge in [-0.25, -0.2) is 15.0 Å². The third kappa shape index (κ3) is 5.55. The smallest absolute Gasteiger partial charge is 0.164 e. The first-order valence-electron chi connectivity index (χ1n) is 21.3. The lowest BCUT2D eigenvalue weighted by molar-refractivity contribution is 1.07. The Morgan fingerprint density at radius 2 is 0.556 bits per heavy atom. The second kappa shape index (κ2) is 14.0. The first-order chi connectivity index (χ1) is 31.2. The largest absolute Gasteiger partial charge is 0.309 e. The summed E-state index contributed by atoms with van der Waals surface area (Å²) in [5, 5.41) is 7.29. The van der Waals surface area contributed by atoms with Gasteiger partial charge in [0.15, 0.2) is 17.5 Å². The molecule has 0 unspecified atom stereocenters. The van der Waals surface area contributed by atoms with Crippen molar-refractivity contribution in [1.29, 1.82) is 0 Å². The van der Waals surface area contributed by atoms with E-state index in [9.17, 15) is 0 Å². The van der Waals surface area contributed by atoms with Gasteiger partial charge in [0, 0.05) is 66.1 Å². The summed E-state index contributed by atoms with van der Waals surface area (Å²) in [6.07, 6.45) is 0. The van der Waals surface area contributed by atoms with Gasteiger partial charge in [-0.2, -0.15) is 0 Å². The Morgan fingerprint density at radius 1 is 0.222 bits per heavy atom. The van der Waals surface area contributed by atoms with Crippen LogP contribution in [0.5, 0.6) is 0 Å². The van der Waals surface area contributed by atoms with Crippen LogP contribution in [0.15, 0.2) is 218 Å². The molecule has 0 aliphatic rings. The fourth-order valence-corrected chi connectivity index (χ4v) is 9.64. The fraction of sp³-hybridized carbons (Fsp3) is 0. The predicted octanol–water partition coefficient (Wildman–Crippen LogP) is 14.2. The minimum Gasteiger partial charge on any atom is -0.309 e. The van der Waals surface area contributed by atoms with Crippen molar-refractivity contribution in [2.24, 2.45) is 0 Å². The lowest BCUT2D eigenvalue weighted by Gasteiger charge is -2.12. The molecule has 0 amide bonds. The molecule has 6 heteroatoms. The Morgan fingerprint density at radius 3 is 1.05 bits per heavy atom. The minimum absolute atomic E-state index is 0.633. The normalized spacial score (nSPS) is 11.8. The maximum absolute atomic E-state index is 5.00. The van der Waals surface area contributed by atoms with Crippen molar-refractivity contribution in [1.82, 2.24) is 28.7 Å². The van der Waals surface area contributed by atoms with Crippen LogP contribution in [-0.4, -0.2) is 28.7 Å². The summed E-state index contributed by atoms with van der Waals surface area (Å²) in [6.45, 7) is 0. The van der Waals surface area contributed by atoms with E-state index < -0.39 is 0 Å². The predicted molar refractivity (Wildman–Crippen MR) is 259 cm³/mol. The highest BCUT2D eigenvalue weighted by molar-refractivity contribution is 6.19. The Labute approximate surface area is 362 Å². The third-order valence-corrected chi connectivity index (χ3v) is 12.5. The van der Waals surface area contributed by atoms with Crippen LogP contribution in [0, 0.1) is 0 Å². The van der Waals surface area contributed by atoms with E-state index in [1.54, 1.807) is 0 Å². The molecule has 63 heavy (non-hydrogen) atoms. The topological polar surface area (TPSA) is 53.5 Å². The van der Waals surface area contributed by atoms with Gasteiger partial charge < -0.3 is 13.7 Å². The standard InChI is InChI=1S/C57H36N6/c1-4-16-37(17-5-1)55-58-56(38-18-6-2-7-19-38)60-57(59-55)39-28-30-41(31-29-39)62-50-26-14-11-23-44(50)47-36-54-48(35-53(47)62)45-24-12-15-27-51(45)63(54)42-32-33-46-43-22-10-13-25-49(43)61(52(46)34-42)40-20-8-3-9-21-40/h1-36H. The van der Waals surface area contributed by atoms with Gasteiger partial charge >= 0.3 is 0 Å². The van der Waals surface area contributed by atoms with Crippen LogP contribution in [0.2, 0.25) is 0 Å². The molecule has 13 aromatic rings. The van der Waals surface area contributed by atoms with Gasteiger partial charge in [0.2, 0.25) is 0 Å². The van der Waals surface area contributed by atoms with E-state index in [1.165, 1.54) is 54.4 Å². The van der Waals surface area contributed by atoms with Crippen LogP contribution < -0.4 is 0 Å². The first-order valence-corrected chi connectivity index (χ1v) is 21.3. The second-order valence-corrected chi connectivity index (χ2v) is 16.1. The van der Waals surface area contributed by atoms with Crippen LogP contribution >= 0.6 is 0 Å². The van der Waals surface area contributed by atoms with E-state index in [1.807, 2.05) is 60.7 Å². The molecule has 0 aliphatic carbocycles. The molecule has 0 aliphatic heterocycles. The molecular weight excluding hydrogens is 769 g/mol. The van der Waals surface area contributed by atoms with E-state index in [0.29, 0.717) is 17.5 Å². The fourth-order valence-electron chi connectivity index (χ4n) is 9.64. The summed E-state index contributed by atoms with van der Waals surface area (Å²) in [7, 11) is 0. The van der Waals surface area contributed by atoms with Gasteiger partial charge in [-0.1, -0.05) is 140 Å². The lowest BCUT2D eigenvalue weighted by atomic mass is 10.1. The van der Waals surface area contributed by atoms with Crippen molar-refractivity contribution < 1.29 is 0 Å². The molecule has 4 heterocycles. The summed E-state index contributed by atoms with van der Waals surface area (Å²) in [4.78, 5) is 14.9. The summed E-state index contributed by atoms with van der Waals surface area (Å²) in [5.74, 6) is 1.92. The van der Waals surface area contributed by atoms with E-state index in [4.69, 9.17) is 15.0 Å². The zero-order chi connectivity index (χ0) is 41.4. The molecule has 0 fully saturated rings. The molecule has 0 N–H and O–H groups in total. The van der Waals surface area contributed by atoms with Crippen molar-refractivity contribution >= 4 is 65.4 Å². The number of nitrogens with zero attached hydrogens (tertiary/aromatic N) is 6. The van der Waals surface area contributed by atoms with Crippen molar-refractivity contribution in [2.45, 2.75) is 0 Å². The van der Waals surface area contributed by atoms with Gasteiger partial charge in [-0.3, -0.25) is 0 Å². The number of fused-ring (bicyclic) bond motifs is 9. The molecule has 6 nitrogen and oxygen atoms in total. The Bertz CT molecular complexity index is 3820. The van der Waals surface area contributed by atoms with Crippen LogP contribution in [0.1, 0.15) is 0 Å². The number of hydrogen-bond acceptors (Lipinski definition) is 3. The zero-order valence-electron chi connectivity index (χ0n) is 34.0. The number of aromatic nitrogens is 6. The second-order valence-electron chi connectivity index (χ2n) is 16.1. The van der Waals surface area contributed by atoms with Gasteiger partial charge in [0.25, 0.3) is 0 Å². The number of para-hydroxylation sites is 4. The van der Waals surface area contributed by atoms with Gasteiger partial charge in [-0.15, -0.1) is 0 Å². The average Bonchev–Trinajstić information content (AvgIpc) is 3.99. The molecule has 0 saturated carbocycles. The van der Waals surface area contributed by atoms with E-state index in [0.717, 1.165) is 44.8 Å². The molecule has 294 valence electrons. The molecular formula is C57H36N6. The lowest BCUT2D eigenvalue weighted by Crippen LogP contribution is -2.00. The van der Waals surface area contributed by atoms with Crippen LogP contribution in [-0.2, 0) is 0 Å². The SMILES string of the molecule is c1ccc(-c2nc(-c3ccccc3)nc(-c3ccc(-n4c5ccccc5c5cc6c(cc54)c4ccccc4n6-c4ccc5c6ccccc6n(-c6ccccc6)c5c4)cc3)n2)cc1. The highest BCUT2D eigenvalue weighted by Crippen LogP contribution is 2.41. The van der Waals surface area contributed by atoms with Crippen molar-refractivity contribution in [3.05, 3.63) is 218 Å². The van der Waals surface area contributed by atoms with Gasteiger partial charge in [0.1, 0.15) is 0 Å². The molecule has 0 saturated heterocycles. The number of hydrogen-bond donors (Lipinski definition) is 0. The Balaban J connectivity index is 0.991. The van der Waals surface area contributed by atoms with Crippen LogP contribution in [0.3, 0.4) is 0 Å². The summed E-state index contributed by atoms with van der Waals surface area (Å²) in [6, 6.07) is 77.5. The Hall–Kier alpha value is -8.61. The maximum Gasteiger partial charge on any atom is 0.164 e. The molecule has 13 rings (SSSR count). The van der Waals surface area contributed by atoms with E-state index in [2.05, 4.69) is 171 Å². The molecule has 0 spiro atoms. The van der Waals surface area contributed by atoms with E-state index in [-0.39, 0.29) is 0 Å². The monoisotopic (exact) mass is 804 g/mol. The maximum atomic E-state index is 5.00.